The van der Waals surface area contributed by atoms with Gasteiger partial charge in [0, 0.05) is 19.3 Å². The maximum Gasteiger partial charge on any atom is 0.472 e. The Hall–Kier alpha value is -4.83. The van der Waals surface area contributed by atoms with Gasteiger partial charge in [-0.2, -0.15) is 0 Å². The fraction of sp³-hybridized carbons (Fsp3) is 0.659. The molecule has 18 heteroatoms. The molecule has 16 nitrogen and oxygen atoms in total. The molecule has 5 atom stereocenters. The monoisotopic (exact) mass is 1480 g/mol. The van der Waals surface area contributed by atoms with Gasteiger partial charge in [-0.25, -0.2) is 9.13 Å². The number of phosphoric acid groups is 2. The van der Waals surface area contributed by atoms with Crippen LogP contribution in [-0.2, 0) is 55.8 Å². The zero-order valence-electron chi connectivity index (χ0n) is 64.2. The number of carbonyl (C=O) groups excluding carboxylic acids is 3. The summed E-state index contributed by atoms with van der Waals surface area (Å²) in [6, 6.07) is 0. The van der Waals surface area contributed by atoms with Crippen LogP contribution >= 0.6 is 15.6 Å². The predicted octanol–water partition coefficient (Wildman–Crippen LogP) is 23.4. The zero-order valence-corrected chi connectivity index (χ0v) is 66.0. The second kappa shape index (κ2) is 76.8. The van der Waals surface area contributed by atoms with Crippen LogP contribution in [0.15, 0.2) is 158 Å². The van der Waals surface area contributed by atoms with Gasteiger partial charge in [-0.05, 0) is 148 Å². The Kier molecular flexibility index (Phi) is 73.2. The molecule has 103 heavy (non-hydrogen) atoms. The molecule has 0 heterocycles. The van der Waals surface area contributed by atoms with Crippen LogP contribution in [0.4, 0.5) is 0 Å². The highest BCUT2D eigenvalue weighted by Crippen LogP contribution is 2.45. The molecule has 0 aromatic carbocycles. The Balaban J connectivity index is 4.56. The SMILES string of the molecule is CC/C=C\C/C=C\C/C=C\C/C=C\C/C=C\C/C=C\CCCCCCCCCCCCCCC(=O)OCC(O)COP(=O)(O)OCC(O)COP(=O)(O)OCC(COC(=O)CCCC/C=C\C/C=C\C/C=C\C/C=C\C/C=C\C/C=C\CC)OC(=O)CCCCCCC/C=C\CCCCCCCC. The van der Waals surface area contributed by atoms with Gasteiger partial charge in [-0.15, -0.1) is 0 Å². The topological polar surface area (TPSA) is 231 Å². The van der Waals surface area contributed by atoms with Crippen molar-refractivity contribution in [3.05, 3.63) is 158 Å². The van der Waals surface area contributed by atoms with Crippen molar-refractivity contribution in [2.45, 2.75) is 322 Å². The van der Waals surface area contributed by atoms with Crippen LogP contribution in [0.1, 0.15) is 303 Å². The highest BCUT2D eigenvalue weighted by atomic mass is 31.2. The molecule has 0 fully saturated rings. The van der Waals surface area contributed by atoms with Crippen molar-refractivity contribution in [2.24, 2.45) is 0 Å². The Labute approximate surface area is 625 Å². The van der Waals surface area contributed by atoms with Crippen LogP contribution in [0.5, 0.6) is 0 Å². The number of aliphatic hydroxyl groups excluding tert-OH is 2. The molecule has 0 rings (SSSR count). The summed E-state index contributed by atoms with van der Waals surface area (Å²) in [5, 5.41) is 20.6. The van der Waals surface area contributed by atoms with Gasteiger partial charge in [0.05, 0.1) is 26.4 Å². The van der Waals surface area contributed by atoms with Gasteiger partial charge in [0.2, 0.25) is 0 Å². The molecule has 0 radical (unpaired) electrons. The molecular weight excluding hydrogens is 1340 g/mol. The van der Waals surface area contributed by atoms with E-state index in [4.69, 9.17) is 32.3 Å². The molecular formula is C85H142O16P2. The van der Waals surface area contributed by atoms with Gasteiger partial charge in [-0.3, -0.25) is 32.5 Å². The lowest BCUT2D eigenvalue weighted by Gasteiger charge is -2.21. The summed E-state index contributed by atoms with van der Waals surface area (Å²) in [6.07, 6.45) is 95.8. The van der Waals surface area contributed by atoms with Gasteiger partial charge in [0.25, 0.3) is 0 Å². The minimum absolute atomic E-state index is 0.0811. The molecule has 0 aliphatic heterocycles. The second-order valence-corrected chi connectivity index (χ2v) is 29.0. The van der Waals surface area contributed by atoms with E-state index >= 15 is 0 Å². The molecule has 0 aromatic heterocycles. The number of aliphatic hydroxyl groups is 2. The fourth-order valence-corrected chi connectivity index (χ4v) is 11.8. The Bertz CT molecular complexity index is 2500. The van der Waals surface area contributed by atoms with E-state index in [1.165, 1.54) is 89.9 Å². The number of hydrogen-bond donors (Lipinski definition) is 4. The molecule has 0 aromatic rings. The third-order valence-electron chi connectivity index (χ3n) is 16.2. The van der Waals surface area contributed by atoms with Crippen LogP contribution in [0.2, 0.25) is 0 Å². The van der Waals surface area contributed by atoms with Crippen LogP contribution in [0, 0.1) is 0 Å². The average Bonchev–Trinajstić information content (AvgIpc) is 0.922. The van der Waals surface area contributed by atoms with Crippen molar-refractivity contribution in [1.82, 2.24) is 0 Å². The van der Waals surface area contributed by atoms with Crippen LogP contribution in [-0.4, -0.2) is 95.9 Å². The van der Waals surface area contributed by atoms with E-state index < -0.39 is 91.5 Å². The third kappa shape index (κ3) is 78.1. The summed E-state index contributed by atoms with van der Waals surface area (Å²) in [6.45, 7) is 2.38. The quantitative estimate of drug-likeness (QED) is 0.0146. The number of allylic oxidation sites excluding steroid dienone is 26. The molecule has 4 N–H and O–H groups in total. The van der Waals surface area contributed by atoms with Crippen LogP contribution < -0.4 is 0 Å². The van der Waals surface area contributed by atoms with Gasteiger partial charge < -0.3 is 34.2 Å². The summed E-state index contributed by atoms with van der Waals surface area (Å²) >= 11 is 0. The largest absolute Gasteiger partial charge is 0.472 e. The lowest BCUT2D eigenvalue weighted by molar-refractivity contribution is -0.161. The minimum Gasteiger partial charge on any atom is -0.463 e. The summed E-state index contributed by atoms with van der Waals surface area (Å²) in [4.78, 5) is 58.6. The number of phosphoric ester groups is 2. The van der Waals surface area contributed by atoms with Gasteiger partial charge >= 0.3 is 33.6 Å². The molecule has 0 saturated carbocycles. The molecule has 0 amide bonds. The van der Waals surface area contributed by atoms with E-state index in [0.717, 1.165) is 154 Å². The first-order valence-corrected chi connectivity index (χ1v) is 42.8. The van der Waals surface area contributed by atoms with Crippen molar-refractivity contribution in [2.75, 3.05) is 39.6 Å². The number of unbranched alkanes of at least 4 members (excludes halogenated alkanes) is 25. The van der Waals surface area contributed by atoms with Gasteiger partial charge in [0.1, 0.15) is 25.4 Å². The standard InChI is InChI=1S/C85H142O16P2/c1-4-7-10-13-16-19-22-25-28-30-32-34-35-36-37-38-39-40-41-42-43-45-47-48-51-53-56-59-62-65-68-71-83(88)95-74-80(86)75-97-102(91,92)98-76-81(87)77-99-103(93,94)100-79-82(101-85(90)73-70-67-64-61-58-55-50-27-24-21-18-15-12-9-6-3)78-96-84(89)72-69-66-63-60-57-54-52-49-46-44-33-31-29-26-23-20-17-14-11-8-5-2/h7-8,10-11,16-17,19-20,25-29,32-34,36-37,39-40,44,49-50,52,57,60,80-82,86-87H,4-6,9,12-15,18,21-24,30-31,35,38,41-43,45-48,51,53-56,58-59,61-79H2,1-3H3,(H,91,92)(H,93,94)/b10-7-,11-8-,19-16-,20-17-,28-25-,29-26-,34-32-,37-36-,40-39-,44-33-,50-27-,52-49-,60-57-. The van der Waals surface area contributed by atoms with E-state index in [9.17, 15) is 43.5 Å². The normalized spacial score (nSPS) is 14.8. The lowest BCUT2D eigenvalue weighted by Crippen LogP contribution is -2.30. The van der Waals surface area contributed by atoms with E-state index in [0.29, 0.717) is 19.3 Å². The van der Waals surface area contributed by atoms with E-state index in [-0.39, 0.29) is 19.3 Å². The minimum atomic E-state index is -4.95. The van der Waals surface area contributed by atoms with Crippen LogP contribution in [0.3, 0.4) is 0 Å². The molecule has 0 bridgehead atoms. The maximum absolute atomic E-state index is 13.0. The summed E-state index contributed by atoms with van der Waals surface area (Å²) in [5.41, 5.74) is 0. The molecule has 5 unspecified atom stereocenters. The zero-order chi connectivity index (χ0) is 75.2. The van der Waals surface area contributed by atoms with Gasteiger partial charge in [0.15, 0.2) is 6.10 Å². The third-order valence-corrected chi connectivity index (χ3v) is 18.1. The van der Waals surface area contributed by atoms with E-state index in [1.54, 1.807) is 0 Å². The summed E-state index contributed by atoms with van der Waals surface area (Å²) < 4.78 is 61.1. The second-order valence-electron chi connectivity index (χ2n) is 26.1. The molecule has 0 aliphatic carbocycles. The average molecular weight is 1480 g/mol. The van der Waals surface area contributed by atoms with Gasteiger partial charge in [-0.1, -0.05) is 294 Å². The first-order chi connectivity index (χ1) is 50.2. The number of esters is 3. The van der Waals surface area contributed by atoms with Crippen molar-refractivity contribution in [3.63, 3.8) is 0 Å². The highest BCUT2D eigenvalue weighted by Gasteiger charge is 2.29. The predicted molar refractivity (Wildman–Crippen MR) is 426 cm³/mol. The van der Waals surface area contributed by atoms with E-state index in [1.807, 2.05) is 0 Å². The van der Waals surface area contributed by atoms with Crippen molar-refractivity contribution < 1.29 is 75.8 Å². The number of carbonyl (C=O) groups is 3. The lowest BCUT2D eigenvalue weighted by atomic mass is 10.0. The first kappa shape index (κ1) is 98.2. The Morgan fingerprint density at radius 3 is 0.845 bits per heavy atom. The summed E-state index contributed by atoms with van der Waals surface area (Å²) in [5.74, 6) is -1.64. The smallest absolute Gasteiger partial charge is 0.463 e. The van der Waals surface area contributed by atoms with Crippen LogP contribution in [0.25, 0.3) is 0 Å². The molecule has 588 valence electrons. The van der Waals surface area contributed by atoms with E-state index in [2.05, 4.69) is 179 Å². The number of rotatable bonds is 74. The molecule has 0 aliphatic rings. The Morgan fingerprint density at radius 2 is 0.515 bits per heavy atom. The highest BCUT2D eigenvalue weighted by molar-refractivity contribution is 7.47. The number of ether oxygens (including phenoxy) is 3. The molecule has 0 spiro atoms. The Morgan fingerprint density at radius 1 is 0.282 bits per heavy atom. The van der Waals surface area contributed by atoms with Crippen molar-refractivity contribution >= 4 is 33.6 Å². The molecule has 0 saturated heterocycles. The van der Waals surface area contributed by atoms with Crippen molar-refractivity contribution in [1.29, 1.82) is 0 Å². The first-order valence-electron chi connectivity index (χ1n) is 39.8. The van der Waals surface area contributed by atoms with Crippen molar-refractivity contribution in [3.8, 4) is 0 Å². The maximum atomic E-state index is 13.0. The number of hydrogen-bond acceptors (Lipinski definition) is 14. The summed E-state index contributed by atoms with van der Waals surface area (Å²) in [7, 11) is -9.81. The fourth-order valence-electron chi connectivity index (χ4n) is 10.2.